The van der Waals surface area contributed by atoms with E-state index in [1.165, 1.54) is 0 Å². The van der Waals surface area contributed by atoms with E-state index >= 15 is 0 Å². The van der Waals surface area contributed by atoms with Crippen LogP contribution in [0.1, 0.15) is 22.3 Å². The average molecular weight is 263 g/mol. The smallest absolute Gasteiger partial charge is 0.341 e. The first-order valence-electron chi connectivity index (χ1n) is 4.70. The molecule has 4 nitrogen and oxygen atoms in total. The minimum Gasteiger partial charge on any atom is -0.449 e. The summed E-state index contributed by atoms with van der Waals surface area (Å²) >= 11 is 0. The molecule has 0 amide bonds. The summed E-state index contributed by atoms with van der Waals surface area (Å²) in [6, 6.07) is 1.88. The van der Waals surface area contributed by atoms with Gasteiger partial charge in [0.15, 0.2) is 5.60 Å². The molecule has 6 heteroatoms. The van der Waals surface area contributed by atoms with E-state index in [2.05, 4.69) is 10.3 Å². The van der Waals surface area contributed by atoms with Crippen LogP contribution in [-0.4, -0.2) is 24.0 Å². The first kappa shape index (κ1) is 13.2. The van der Waals surface area contributed by atoms with Gasteiger partial charge in [-0.2, -0.15) is 0 Å². The van der Waals surface area contributed by atoms with E-state index < -0.39 is 5.60 Å². The molecule has 1 atom stereocenters. The maximum absolute atomic E-state index is 11.5. The molecule has 16 heavy (non-hydrogen) atoms. The summed E-state index contributed by atoms with van der Waals surface area (Å²) in [4.78, 5) is 15.5. The third kappa shape index (κ3) is 1.67. The van der Waals surface area contributed by atoms with Crippen molar-refractivity contribution in [1.82, 2.24) is 10.3 Å². The molecule has 1 saturated heterocycles. The third-order valence-electron chi connectivity index (χ3n) is 2.94. The lowest BCUT2D eigenvalue weighted by atomic mass is 9.93. The molecule has 1 unspecified atom stereocenters. The molecule has 3 heterocycles. The zero-order valence-corrected chi connectivity index (χ0v) is 10.1. The van der Waals surface area contributed by atoms with E-state index in [1.807, 2.05) is 6.07 Å². The van der Waals surface area contributed by atoms with Crippen molar-refractivity contribution in [3.05, 3.63) is 29.6 Å². The lowest BCUT2D eigenvalue weighted by molar-refractivity contribution is 0.00164. The van der Waals surface area contributed by atoms with Crippen LogP contribution in [0.15, 0.2) is 18.5 Å². The molecule has 0 aromatic carbocycles. The molecule has 1 fully saturated rings. The van der Waals surface area contributed by atoms with Crippen molar-refractivity contribution < 1.29 is 9.53 Å². The zero-order valence-electron chi connectivity index (χ0n) is 8.43. The number of esters is 1. The van der Waals surface area contributed by atoms with Crippen molar-refractivity contribution in [2.24, 2.45) is 0 Å². The Morgan fingerprint density at radius 1 is 1.44 bits per heavy atom. The number of aromatic nitrogens is 1. The Morgan fingerprint density at radius 2 is 2.25 bits per heavy atom. The molecule has 1 aromatic rings. The maximum atomic E-state index is 11.5. The van der Waals surface area contributed by atoms with Gasteiger partial charge in [-0.25, -0.2) is 4.79 Å². The van der Waals surface area contributed by atoms with E-state index in [1.54, 1.807) is 12.4 Å². The van der Waals surface area contributed by atoms with Gasteiger partial charge in [0.2, 0.25) is 0 Å². The Labute approximate surface area is 106 Å². The molecule has 0 bridgehead atoms. The number of carbonyl (C=O) groups is 1. The molecular weight excluding hydrogens is 251 g/mol. The van der Waals surface area contributed by atoms with E-state index in [4.69, 9.17) is 4.74 Å². The molecule has 0 aliphatic carbocycles. The average Bonchev–Trinajstić information content (AvgIpc) is 2.77. The molecule has 2 aliphatic rings. The van der Waals surface area contributed by atoms with Gasteiger partial charge in [0.25, 0.3) is 0 Å². The second-order valence-corrected chi connectivity index (χ2v) is 3.73. The fourth-order valence-corrected chi connectivity index (χ4v) is 2.23. The van der Waals surface area contributed by atoms with Crippen LogP contribution in [-0.2, 0) is 10.3 Å². The highest BCUT2D eigenvalue weighted by atomic mass is 35.5. The predicted molar refractivity (Wildman–Crippen MR) is 63.3 cm³/mol. The van der Waals surface area contributed by atoms with Gasteiger partial charge >= 0.3 is 5.97 Å². The fraction of sp³-hybridized carbons (Fsp3) is 0.400. The number of halogens is 2. The summed E-state index contributed by atoms with van der Waals surface area (Å²) in [5, 5.41) is 3.22. The van der Waals surface area contributed by atoms with Crippen LogP contribution in [0.25, 0.3) is 0 Å². The predicted octanol–water partition coefficient (Wildman–Crippen LogP) is 1.28. The molecule has 3 rings (SSSR count). The van der Waals surface area contributed by atoms with Crippen molar-refractivity contribution >= 4 is 30.8 Å². The molecule has 1 spiro atoms. The van der Waals surface area contributed by atoms with Crippen molar-refractivity contribution in [3.8, 4) is 0 Å². The first-order valence-corrected chi connectivity index (χ1v) is 4.70. The van der Waals surface area contributed by atoms with Crippen LogP contribution in [0.2, 0.25) is 0 Å². The van der Waals surface area contributed by atoms with E-state index in [-0.39, 0.29) is 30.8 Å². The van der Waals surface area contributed by atoms with E-state index in [9.17, 15) is 4.79 Å². The summed E-state index contributed by atoms with van der Waals surface area (Å²) in [6.07, 6.45) is 4.15. The SMILES string of the molecule is Cl.Cl.O=C1OC2(CCNC2)c2ccncc21. The van der Waals surface area contributed by atoms with Crippen LogP contribution < -0.4 is 5.32 Å². The van der Waals surface area contributed by atoms with E-state index in [0.717, 1.165) is 25.1 Å². The van der Waals surface area contributed by atoms with Crippen LogP contribution in [0.4, 0.5) is 0 Å². The Kier molecular flexibility index (Phi) is 3.78. The quantitative estimate of drug-likeness (QED) is 0.716. The third-order valence-corrected chi connectivity index (χ3v) is 2.94. The standard InChI is InChI=1S/C10H10N2O2.2ClH/c13-9-7-5-11-3-1-8(7)10(14-9)2-4-12-6-10;;/h1,3,5,12H,2,4,6H2;2*1H. The van der Waals surface area contributed by atoms with E-state index in [0.29, 0.717) is 5.56 Å². The molecule has 1 N–H and O–H groups in total. The topological polar surface area (TPSA) is 51.2 Å². The minimum absolute atomic E-state index is 0. The number of nitrogens with zero attached hydrogens (tertiary/aromatic N) is 1. The van der Waals surface area contributed by atoms with Gasteiger partial charge in [0, 0.05) is 30.9 Å². The van der Waals surface area contributed by atoms with Gasteiger partial charge in [0.05, 0.1) is 5.56 Å². The monoisotopic (exact) mass is 262 g/mol. The normalized spacial score (nSPS) is 25.6. The second-order valence-electron chi connectivity index (χ2n) is 3.73. The second kappa shape index (κ2) is 4.57. The minimum atomic E-state index is -0.407. The number of ether oxygens (including phenoxy) is 1. The molecule has 1 aromatic heterocycles. The van der Waals surface area contributed by atoms with Crippen LogP contribution in [0, 0.1) is 0 Å². The van der Waals surface area contributed by atoms with Crippen molar-refractivity contribution in [1.29, 1.82) is 0 Å². The number of rotatable bonds is 0. The Bertz CT molecular complexity index is 406. The summed E-state index contributed by atoms with van der Waals surface area (Å²) in [7, 11) is 0. The number of hydrogen-bond acceptors (Lipinski definition) is 4. The van der Waals surface area contributed by atoms with Gasteiger partial charge in [-0.15, -0.1) is 24.8 Å². The lowest BCUT2D eigenvalue weighted by Gasteiger charge is -2.21. The highest BCUT2D eigenvalue weighted by molar-refractivity contribution is 5.94. The Balaban J connectivity index is 0.000000640. The number of carbonyl (C=O) groups excluding carboxylic acids is 1. The van der Waals surface area contributed by atoms with Gasteiger partial charge in [-0.3, -0.25) is 4.98 Å². The van der Waals surface area contributed by atoms with Crippen LogP contribution >= 0.6 is 24.8 Å². The Hall–Kier alpha value is -0.840. The van der Waals surface area contributed by atoms with Crippen molar-refractivity contribution in [2.75, 3.05) is 13.1 Å². The van der Waals surface area contributed by atoms with Gasteiger partial charge in [-0.05, 0) is 12.6 Å². The molecule has 0 radical (unpaired) electrons. The molecule has 0 saturated carbocycles. The molecular formula is C10H12Cl2N2O2. The maximum Gasteiger partial charge on any atom is 0.341 e. The lowest BCUT2D eigenvalue weighted by Crippen LogP contribution is -2.28. The van der Waals surface area contributed by atoms with Gasteiger partial charge in [-0.1, -0.05) is 0 Å². The number of hydrogen-bond donors (Lipinski definition) is 1. The first-order chi connectivity index (χ1) is 6.82. The van der Waals surface area contributed by atoms with Crippen LogP contribution in [0.5, 0.6) is 0 Å². The molecule has 88 valence electrons. The molecule has 2 aliphatic heterocycles. The van der Waals surface area contributed by atoms with Crippen LogP contribution in [0.3, 0.4) is 0 Å². The number of nitrogens with one attached hydrogen (secondary N) is 1. The zero-order chi connectivity index (χ0) is 9.60. The highest BCUT2D eigenvalue weighted by Crippen LogP contribution is 2.40. The van der Waals surface area contributed by atoms with Crippen molar-refractivity contribution in [3.63, 3.8) is 0 Å². The number of fused-ring (bicyclic) bond motifs is 2. The van der Waals surface area contributed by atoms with Gasteiger partial charge in [0.1, 0.15) is 0 Å². The Morgan fingerprint density at radius 3 is 2.94 bits per heavy atom. The summed E-state index contributed by atoms with van der Waals surface area (Å²) in [6.45, 7) is 1.62. The highest BCUT2D eigenvalue weighted by Gasteiger charge is 2.47. The summed E-state index contributed by atoms with van der Waals surface area (Å²) in [5.74, 6) is -0.239. The summed E-state index contributed by atoms with van der Waals surface area (Å²) < 4.78 is 5.44. The summed E-state index contributed by atoms with van der Waals surface area (Å²) in [5.41, 5.74) is 1.20. The largest absolute Gasteiger partial charge is 0.449 e. The van der Waals surface area contributed by atoms with Crippen molar-refractivity contribution in [2.45, 2.75) is 12.0 Å². The van der Waals surface area contributed by atoms with Gasteiger partial charge < -0.3 is 10.1 Å². The number of pyridine rings is 1. The fourth-order valence-electron chi connectivity index (χ4n) is 2.23.